The highest BCUT2D eigenvalue weighted by atomic mass is 32.1. The van der Waals surface area contributed by atoms with E-state index in [0.29, 0.717) is 39.0 Å². The number of hydrogen-bond donors (Lipinski definition) is 0. The minimum absolute atomic E-state index is 0.0230. The Bertz CT molecular complexity index is 853. The molecular weight excluding hydrogens is 396 g/mol. The summed E-state index contributed by atoms with van der Waals surface area (Å²) in [5, 5.41) is 3.93. The van der Waals surface area contributed by atoms with Gasteiger partial charge in [0.15, 0.2) is 6.61 Å². The molecule has 0 N–H and O–H groups in total. The lowest BCUT2D eigenvalue weighted by Gasteiger charge is -2.31. The van der Waals surface area contributed by atoms with E-state index in [-0.39, 0.29) is 30.3 Å². The zero-order valence-corrected chi connectivity index (χ0v) is 17.1. The van der Waals surface area contributed by atoms with Gasteiger partial charge in [0.2, 0.25) is 0 Å². The highest BCUT2D eigenvalue weighted by molar-refractivity contribution is 7.12. The number of ether oxygens (including phenoxy) is 1. The van der Waals surface area contributed by atoms with Crippen molar-refractivity contribution in [3.63, 3.8) is 0 Å². The van der Waals surface area contributed by atoms with E-state index < -0.39 is 0 Å². The topological polar surface area (TPSA) is 66.9 Å². The zero-order valence-electron chi connectivity index (χ0n) is 15.5. The molecule has 2 aliphatic heterocycles. The van der Waals surface area contributed by atoms with Gasteiger partial charge in [0.05, 0.1) is 10.8 Å². The molecule has 0 spiro atoms. The van der Waals surface area contributed by atoms with Crippen LogP contribution in [0.1, 0.15) is 33.0 Å². The fraction of sp³-hybridized carbons (Fsp3) is 0.450. The number of rotatable bonds is 4. The third-order valence-corrected chi connectivity index (χ3v) is 7.23. The van der Waals surface area contributed by atoms with E-state index in [9.17, 15) is 14.4 Å². The molecule has 1 fully saturated rings. The predicted octanol–water partition coefficient (Wildman–Crippen LogP) is 2.79. The molecule has 0 atom stereocenters. The first kappa shape index (κ1) is 19.1. The Kier molecular flexibility index (Phi) is 5.77. The molecule has 0 bridgehead atoms. The normalized spacial score (nSPS) is 17.3. The first-order valence-electron chi connectivity index (χ1n) is 9.44. The summed E-state index contributed by atoms with van der Waals surface area (Å²) in [4.78, 5) is 42.7. The Balaban J connectivity index is 1.22. The highest BCUT2D eigenvalue weighted by Gasteiger charge is 2.30. The smallest absolute Gasteiger partial charge is 0.309 e. The number of carbonyl (C=O) groups excluding carboxylic acids is 3. The number of likely N-dealkylation sites (tertiary alicyclic amines) is 1. The summed E-state index contributed by atoms with van der Waals surface area (Å²) in [5.74, 6) is -0.694. The Morgan fingerprint density at radius 3 is 2.61 bits per heavy atom. The van der Waals surface area contributed by atoms with Gasteiger partial charge < -0.3 is 14.5 Å². The van der Waals surface area contributed by atoms with Gasteiger partial charge in [0.25, 0.3) is 11.8 Å². The third kappa shape index (κ3) is 4.12. The number of piperidine rings is 1. The van der Waals surface area contributed by atoms with Gasteiger partial charge in [-0.2, -0.15) is 0 Å². The molecule has 0 radical (unpaired) electrons. The van der Waals surface area contributed by atoms with Crippen molar-refractivity contribution in [3.05, 3.63) is 44.3 Å². The standard InChI is InChI=1S/C20H22N2O4S2/c23-18(22-9-5-16-15(12-22)6-11-28-16)13-26-20(25)14-3-7-21(8-4-14)19(24)17-2-1-10-27-17/h1-2,6,10-11,14H,3-5,7-9,12-13H2. The summed E-state index contributed by atoms with van der Waals surface area (Å²) in [6.45, 7) is 2.15. The van der Waals surface area contributed by atoms with E-state index in [4.69, 9.17) is 4.74 Å². The van der Waals surface area contributed by atoms with Gasteiger partial charge in [-0.3, -0.25) is 14.4 Å². The molecule has 148 valence electrons. The van der Waals surface area contributed by atoms with Crippen LogP contribution < -0.4 is 0 Å². The molecule has 2 aromatic rings. The van der Waals surface area contributed by atoms with Crippen molar-refractivity contribution < 1.29 is 19.1 Å². The number of hydrogen-bond acceptors (Lipinski definition) is 6. The van der Waals surface area contributed by atoms with Crippen LogP contribution in [0, 0.1) is 5.92 Å². The van der Waals surface area contributed by atoms with Gasteiger partial charge in [0.1, 0.15) is 0 Å². The van der Waals surface area contributed by atoms with Crippen molar-refractivity contribution in [1.29, 1.82) is 0 Å². The van der Waals surface area contributed by atoms with Gasteiger partial charge in [-0.25, -0.2) is 0 Å². The van der Waals surface area contributed by atoms with Crippen LogP contribution in [-0.4, -0.2) is 53.8 Å². The fourth-order valence-electron chi connectivity index (χ4n) is 3.68. The quantitative estimate of drug-likeness (QED) is 0.716. The van der Waals surface area contributed by atoms with E-state index in [2.05, 4.69) is 6.07 Å². The highest BCUT2D eigenvalue weighted by Crippen LogP contribution is 2.25. The maximum absolute atomic E-state index is 12.4. The molecule has 28 heavy (non-hydrogen) atoms. The average molecular weight is 419 g/mol. The molecule has 0 unspecified atom stereocenters. The lowest BCUT2D eigenvalue weighted by molar-refractivity contribution is -0.157. The maximum Gasteiger partial charge on any atom is 0.309 e. The molecular formula is C20H22N2O4S2. The Morgan fingerprint density at radius 2 is 1.86 bits per heavy atom. The SMILES string of the molecule is O=C(OCC(=O)N1CCc2sccc2C1)C1CCN(C(=O)c2cccs2)CC1. The number of nitrogens with zero attached hydrogens (tertiary/aromatic N) is 2. The molecule has 4 heterocycles. The summed E-state index contributed by atoms with van der Waals surface area (Å²) < 4.78 is 5.31. The van der Waals surface area contributed by atoms with Crippen molar-refractivity contribution in [3.8, 4) is 0 Å². The number of fused-ring (bicyclic) bond motifs is 1. The van der Waals surface area contributed by atoms with Crippen LogP contribution in [0.4, 0.5) is 0 Å². The summed E-state index contributed by atoms with van der Waals surface area (Å²) in [6.07, 6.45) is 2.02. The summed E-state index contributed by atoms with van der Waals surface area (Å²) in [6, 6.07) is 5.73. The lowest BCUT2D eigenvalue weighted by atomic mass is 9.97. The number of thiophene rings is 2. The van der Waals surface area contributed by atoms with Crippen LogP contribution >= 0.6 is 22.7 Å². The van der Waals surface area contributed by atoms with Crippen LogP contribution in [0.25, 0.3) is 0 Å². The third-order valence-electron chi connectivity index (χ3n) is 5.35. The van der Waals surface area contributed by atoms with Crippen LogP contribution in [0.15, 0.2) is 29.0 Å². The molecule has 1 saturated heterocycles. The summed E-state index contributed by atoms with van der Waals surface area (Å²) in [5.41, 5.74) is 1.19. The van der Waals surface area contributed by atoms with Crippen LogP contribution in [0.5, 0.6) is 0 Å². The van der Waals surface area contributed by atoms with Crippen LogP contribution in [-0.2, 0) is 27.3 Å². The maximum atomic E-state index is 12.4. The van der Waals surface area contributed by atoms with Crippen molar-refractivity contribution in [2.45, 2.75) is 25.8 Å². The Hall–Kier alpha value is -2.19. The van der Waals surface area contributed by atoms with E-state index in [1.165, 1.54) is 21.8 Å². The van der Waals surface area contributed by atoms with Crippen molar-refractivity contribution >= 4 is 40.5 Å². The van der Waals surface area contributed by atoms with Gasteiger partial charge in [0, 0.05) is 31.1 Å². The second-order valence-corrected chi connectivity index (χ2v) is 9.03. The van der Waals surface area contributed by atoms with Crippen molar-refractivity contribution in [2.24, 2.45) is 5.92 Å². The van der Waals surface area contributed by atoms with Crippen molar-refractivity contribution in [1.82, 2.24) is 9.80 Å². The number of esters is 1. The van der Waals surface area contributed by atoms with E-state index >= 15 is 0 Å². The van der Waals surface area contributed by atoms with Gasteiger partial charge >= 0.3 is 5.97 Å². The van der Waals surface area contributed by atoms with Crippen molar-refractivity contribution in [2.75, 3.05) is 26.2 Å². The molecule has 6 nitrogen and oxygen atoms in total. The van der Waals surface area contributed by atoms with Gasteiger partial charge in [-0.15, -0.1) is 22.7 Å². The molecule has 0 aliphatic carbocycles. The molecule has 0 aromatic carbocycles. The summed E-state index contributed by atoms with van der Waals surface area (Å²) >= 11 is 3.16. The lowest BCUT2D eigenvalue weighted by Crippen LogP contribution is -2.41. The fourth-order valence-corrected chi connectivity index (χ4v) is 5.26. The molecule has 8 heteroatoms. The largest absolute Gasteiger partial charge is 0.455 e. The second-order valence-electron chi connectivity index (χ2n) is 7.09. The number of amides is 2. The van der Waals surface area contributed by atoms with E-state index in [1.54, 1.807) is 21.1 Å². The molecule has 2 amide bonds. The first-order valence-corrected chi connectivity index (χ1v) is 11.2. The average Bonchev–Trinajstić information content (AvgIpc) is 3.42. The monoisotopic (exact) mass is 418 g/mol. The van der Waals surface area contributed by atoms with Crippen LogP contribution in [0.3, 0.4) is 0 Å². The minimum Gasteiger partial charge on any atom is -0.455 e. The second kappa shape index (κ2) is 8.45. The number of carbonyl (C=O) groups is 3. The first-order chi connectivity index (χ1) is 13.6. The van der Waals surface area contributed by atoms with E-state index in [1.807, 2.05) is 22.9 Å². The van der Waals surface area contributed by atoms with Crippen LogP contribution in [0.2, 0.25) is 0 Å². The Morgan fingerprint density at radius 1 is 1.04 bits per heavy atom. The molecule has 2 aromatic heterocycles. The molecule has 2 aliphatic rings. The molecule has 0 saturated carbocycles. The Labute approximate surface area is 171 Å². The predicted molar refractivity (Wildman–Crippen MR) is 107 cm³/mol. The minimum atomic E-state index is -0.329. The van der Waals surface area contributed by atoms with Gasteiger partial charge in [-0.05, 0) is 47.7 Å². The molecule has 4 rings (SSSR count). The van der Waals surface area contributed by atoms with E-state index in [0.717, 1.165) is 11.3 Å². The summed E-state index contributed by atoms with van der Waals surface area (Å²) in [7, 11) is 0. The zero-order chi connectivity index (χ0) is 19.5. The van der Waals surface area contributed by atoms with Gasteiger partial charge in [-0.1, -0.05) is 6.07 Å².